The van der Waals surface area contributed by atoms with Crippen LogP contribution in [0, 0.1) is 0 Å². The van der Waals surface area contributed by atoms with E-state index in [1.165, 1.54) is 25.3 Å². The molecule has 0 unspecified atom stereocenters. The monoisotopic (exact) mass is 458 g/mol. The van der Waals surface area contributed by atoms with Crippen molar-refractivity contribution >= 4 is 11.8 Å². The molecule has 1 saturated carbocycles. The second-order valence-corrected chi connectivity index (χ2v) is 7.78. The molecule has 1 aliphatic rings. The summed E-state index contributed by atoms with van der Waals surface area (Å²) in [7, 11) is 1.52. The van der Waals surface area contributed by atoms with Gasteiger partial charge in [-0.2, -0.15) is 0 Å². The Labute approximate surface area is 188 Å². The molecule has 0 atom stereocenters. The van der Waals surface area contributed by atoms with Crippen LogP contribution in [0.2, 0.25) is 0 Å². The Morgan fingerprint density at radius 3 is 2.48 bits per heavy atom. The summed E-state index contributed by atoms with van der Waals surface area (Å²) in [5.74, 6) is -0.0593. The summed E-state index contributed by atoms with van der Waals surface area (Å²) in [5, 5.41) is 12.7. The molecular formula is C24H21F3N2O4. The average molecular weight is 458 g/mol. The predicted octanol–water partition coefficient (Wildman–Crippen LogP) is 5.38. The van der Waals surface area contributed by atoms with Gasteiger partial charge in [-0.3, -0.25) is 4.79 Å². The fourth-order valence-electron chi connectivity index (χ4n) is 3.70. The van der Waals surface area contributed by atoms with Crippen LogP contribution in [-0.4, -0.2) is 29.5 Å². The maximum Gasteiger partial charge on any atom is 0.573 e. The fraction of sp³-hybridized carbons (Fsp3) is 0.250. The van der Waals surface area contributed by atoms with Crippen molar-refractivity contribution in [3.05, 3.63) is 71.9 Å². The zero-order valence-electron chi connectivity index (χ0n) is 17.6. The van der Waals surface area contributed by atoms with Crippen molar-refractivity contribution in [2.24, 2.45) is 0 Å². The van der Waals surface area contributed by atoms with Crippen molar-refractivity contribution in [3.63, 3.8) is 0 Å². The molecule has 0 bridgehead atoms. The second kappa shape index (κ2) is 8.65. The van der Waals surface area contributed by atoms with Gasteiger partial charge in [-0.1, -0.05) is 18.2 Å². The van der Waals surface area contributed by atoms with Gasteiger partial charge in [0.2, 0.25) is 0 Å². The molecule has 0 aliphatic heterocycles. The Hall–Kier alpha value is -3.75. The number of carboxylic acid groups (broad SMARTS) is 1. The van der Waals surface area contributed by atoms with E-state index < -0.39 is 17.7 Å². The largest absolute Gasteiger partial charge is 0.573 e. The highest BCUT2D eigenvalue weighted by Crippen LogP contribution is 2.52. The first-order valence-electron chi connectivity index (χ1n) is 10.2. The Morgan fingerprint density at radius 2 is 1.88 bits per heavy atom. The van der Waals surface area contributed by atoms with Crippen molar-refractivity contribution < 1.29 is 32.5 Å². The summed E-state index contributed by atoms with van der Waals surface area (Å²) in [6, 6.07) is 14.7. The second-order valence-electron chi connectivity index (χ2n) is 7.78. The van der Waals surface area contributed by atoms with Crippen molar-refractivity contribution in [1.29, 1.82) is 0 Å². The van der Waals surface area contributed by atoms with Gasteiger partial charge in [0.1, 0.15) is 17.3 Å². The Kier molecular flexibility index (Phi) is 5.88. The average Bonchev–Trinajstić information content (AvgIpc) is 3.59. The molecule has 3 aromatic rings. The number of benzene rings is 2. The minimum absolute atomic E-state index is 0.259. The van der Waals surface area contributed by atoms with Crippen LogP contribution >= 0.6 is 0 Å². The van der Waals surface area contributed by atoms with Crippen LogP contribution in [0.5, 0.6) is 11.5 Å². The first-order chi connectivity index (χ1) is 15.7. The van der Waals surface area contributed by atoms with E-state index in [1.54, 1.807) is 24.4 Å². The minimum Gasteiger partial charge on any atom is -0.496 e. The molecule has 2 N–H and O–H groups in total. The molecule has 172 valence electrons. The van der Waals surface area contributed by atoms with Crippen molar-refractivity contribution in [2.75, 3.05) is 12.4 Å². The molecule has 1 aromatic heterocycles. The lowest BCUT2D eigenvalue weighted by molar-refractivity contribution is -0.274. The molecular weight excluding hydrogens is 437 g/mol. The maximum atomic E-state index is 12.4. The van der Waals surface area contributed by atoms with Crippen molar-refractivity contribution in [2.45, 2.75) is 31.2 Å². The number of rotatable bonds is 8. The summed E-state index contributed by atoms with van der Waals surface area (Å²) in [5.41, 5.74) is 1.96. The number of aromatic nitrogens is 1. The number of ether oxygens (including phenoxy) is 2. The number of aliphatic carboxylic acids is 1. The lowest BCUT2D eigenvalue weighted by atomic mass is 9.92. The summed E-state index contributed by atoms with van der Waals surface area (Å²) >= 11 is 0. The normalized spacial score (nSPS) is 14.4. The topological polar surface area (TPSA) is 80.7 Å². The molecule has 9 heteroatoms. The smallest absolute Gasteiger partial charge is 0.496 e. The predicted molar refractivity (Wildman–Crippen MR) is 115 cm³/mol. The van der Waals surface area contributed by atoms with Crippen LogP contribution in [0.25, 0.3) is 11.1 Å². The summed E-state index contributed by atoms with van der Waals surface area (Å²) in [4.78, 5) is 16.2. The number of halogens is 3. The van der Waals surface area contributed by atoms with Gasteiger partial charge in [0.05, 0.1) is 12.5 Å². The molecule has 1 heterocycles. The fourth-order valence-corrected chi connectivity index (χ4v) is 3.70. The lowest BCUT2D eigenvalue weighted by Crippen LogP contribution is -2.20. The van der Waals surface area contributed by atoms with Gasteiger partial charge >= 0.3 is 12.3 Å². The zero-order chi connectivity index (χ0) is 23.6. The number of anilines is 1. The number of pyridine rings is 1. The highest BCUT2D eigenvalue weighted by Gasteiger charge is 2.53. The summed E-state index contributed by atoms with van der Waals surface area (Å²) < 4.78 is 46.5. The van der Waals surface area contributed by atoms with Crippen LogP contribution in [-0.2, 0) is 16.8 Å². The van der Waals surface area contributed by atoms with E-state index in [-0.39, 0.29) is 12.3 Å². The molecule has 4 rings (SSSR count). The highest BCUT2D eigenvalue weighted by molar-refractivity contribution is 5.87. The first kappa shape index (κ1) is 22.4. The molecule has 0 radical (unpaired) electrons. The third-order valence-electron chi connectivity index (χ3n) is 5.58. The molecule has 2 aromatic carbocycles. The van der Waals surface area contributed by atoms with Gasteiger partial charge in [0.15, 0.2) is 0 Å². The van der Waals surface area contributed by atoms with E-state index in [0.717, 1.165) is 11.1 Å². The van der Waals surface area contributed by atoms with Crippen LogP contribution in [0.4, 0.5) is 19.0 Å². The van der Waals surface area contributed by atoms with Crippen LogP contribution < -0.4 is 14.8 Å². The third kappa shape index (κ3) is 5.02. The first-order valence-corrected chi connectivity index (χ1v) is 10.2. The highest BCUT2D eigenvalue weighted by atomic mass is 19.4. The van der Waals surface area contributed by atoms with E-state index in [1.807, 2.05) is 18.2 Å². The van der Waals surface area contributed by atoms with E-state index in [4.69, 9.17) is 4.74 Å². The van der Waals surface area contributed by atoms with Gasteiger partial charge in [0, 0.05) is 23.9 Å². The van der Waals surface area contributed by atoms with Crippen LogP contribution in [0.15, 0.2) is 60.8 Å². The van der Waals surface area contributed by atoms with Gasteiger partial charge in [0.25, 0.3) is 0 Å². The number of carbonyl (C=O) groups is 1. The number of nitrogens with one attached hydrogen (secondary N) is 1. The van der Waals surface area contributed by atoms with Crippen LogP contribution in [0.3, 0.4) is 0 Å². The summed E-state index contributed by atoms with van der Waals surface area (Å²) in [6.07, 6.45) is -1.96. The van der Waals surface area contributed by atoms with Gasteiger partial charge in [-0.05, 0) is 60.4 Å². The van der Waals surface area contributed by atoms with Gasteiger partial charge in [-0.15, -0.1) is 13.2 Å². The van der Waals surface area contributed by atoms with Crippen molar-refractivity contribution in [1.82, 2.24) is 4.98 Å². The molecule has 33 heavy (non-hydrogen) atoms. The van der Waals surface area contributed by atoms with E-state index in [9.17, 15) is 23.1 Å². The number of nitrogens with zero attached hydrogens (tertiary/aromatic N) is 1. The van der Waals surface area contributed by atoms with E-state index >= 15 is 0 Å². The molecule has 0 spiro atoms. The number of hydrogen-bond donors (Lipinski definition) is 2. The SMILES string of the molecule is COc1ccc(-c2ccc(NCc3cccc(OC(F)(F)F)c3)nc2)cc1C1(C(=O)O)CC1. The Balaban J connectivity index is 1.47. The molecule has 1 fully saturated rings. The third-order valence-corrected chi connectivity index (χ3v) is 5.58. The number of carboxylic acids is 1. The van der Waals surface area contributed by atoms with E-state index in [0.29, 0.717) is 35.5 Å². The Bertz CT molecular complexity index is 1160. The molecule has 6 nitrogen and oxygen atoms in total. The molecule has 0 amide bonds. The minimum atomic E-state index is -4.74. The maximum absolute atomic E-state index is 12.4. The van der Waals surface area contributed by atoms with E-state index in [2.05, 4.69) is 15.0 Å². The molecule has 1 aliphatic carbocycles. The van der Waals surface area contributed by atoms with Gasteiger partial charge in [-0.25, -0.2) is 4.98 Å². The summed E-state index contributed by atoms with van der Waals surface area (Å²) in [6.45, 7) is 0.259. The lowest BCUT2D eigenvalue weighted by Gasteiger charge is -2.16. The van der Waals surface area contributed by atoms with Gasteiger partial charge < -0.3 is 19.9 Å². The number of methoxy groups -OCH3 is 1. The van der Waals surface area contributed by atoms with Crippen molar-refractivity contribution in [3.8, 4) is 22.6 Å². The Morgan fingerprint density at radius 1 is 1.12 bits per heavy atom. The standard InChI is InChI=1S/C24H21F3N2O4/c1-32-20-7-5-16(12-19(20)23(9-10-23)22(30)31)17-6-8-21(29-14-17)28-13-15-3-2-4-18(11-15)33-24(25,26)27/h2-8,11-12,14H,9-10,13H2,1H3,(H,28,29)(H,30,31). The van der Waals surface area contributed by atoms with Crippen LogP contribution in [0.1, 0.15) is 24.0 Å². The zero-order valence-corrected chi connectivity index (χ0v) is 17.6. The number of alkyl halides is 3. The quantitative estimate of drug-likeness (QED) is 0.472. The molecule has 0 saturated heterocycles. The number of hydrogen-bond acceptors (Lipinski definition) is 5.